The Morgan fingerprint density at radius 3 is 2.65 bits per heavy atom. The van der Waals surface area contributed by atoms with Crippen molar-refractivity contribution in [3.8, 4) is 5.75 Å². The van der Waals surface area contributed by atoms with E-state index in [1.165, 1.54) is 0 Å². The minimum absolute atomic E-state index is 0.285. The molecular weight excluding hydrogens is 282 g/mol. The molecule has 1 fully saturated rings. The number of halogens is 1. The summed E-state index contributed by atoms with van der Waals surface area (Å²) in [7, 11) is 0. The lowest BCUT2D eigenvalue weighted by Gasteiger charge is -2.32. The van der Waals surface area contributed by atoms with E-state index in [9.17, 15) is 9.59 Å². The van der Waals surface area contributed by atoms with Crippen molar-refractivity contribution in [3.63, 3.8) is 0 Å². The molecule has 5 nitrogen and oxygen atoms in total. The Morgan fingerprint density at radius 2 is 2.10 bits per heavy atom. The molecule has 0 saturated heterocycles. The van der Waals surface area contributed by atoms with Crippen LogP contribution >= 0.6 is 11.6 Å². The standard InChI is InChI=1S/C14H16ClNO4/c1-2-20-12-7-8(15)3-6-11(12)16-13(17)9-4-5-10(9)14(18)19/h3,6-7,9-10H,2,4-5H2,1H3,(H,16,17)(H,18,19). The van der Waals surface area contributed by atoms with Gasteiger partial charge in [-0.25, -0.2) is 0 Å². The average molecular weight is 298 g/mol. The smallest absolute Gasteiger partial charge is 0.307 e. The molecule has 1 aliphatic carbocycles. The summed E-state index contributed by atoms with van der Waals surface area (Å²) in [5.41, 5.74) is 0.511. The van der Waals surface area contributed by atoms with Crippen LogP contribution in [0.1, 0.15) is 19.8 Å². The Labute approximate surface area is 121 Å². The minimum Gasteiger partial charge on any atom is -0.492 e. The zero-order valence-corrected chi connectivity index (χ0v) is 11.8. The summed E-state index contributed by atoms with van der Waals surface area (Å²) in [4.78, 5) is 23.0. The number of carboxylic acids is 1. The molecule has 0 radical (unpaired) electrons. The molecule has 0 bridgehead atoms. The van der Waals surface area contributed by atoms with Crippen molar-refractivity contribution in [1.82, 2.24) is 0 Å². The van der Waals surface area contributed by atoms with Gasteiger partial charge in [-0.15, -0.1) is 0 Å². The topological polar surface area (TPSA) is 75.6 Å². The van der Waals surface area contributed by atoms with E-state index >= 15 is 0 Å². The molecule has 1 saturated carbocycles. The van der Waals surface area contributed by atoms with E-state index in [1.54, 1.807) is 18.2 Å². The highest BCUT2D eigenvalue weighted by Gasteiger charge is 2.41. The summed E-state index contributed by atoms with van der Waals surface area (Å²) in [6.45, 7) is 2.28. The normalized spacial score (nSPS) is 20.9. The number of ether oxygens (including phenoxy) is 1. The Morgan fingerprint density at radius 1 is 1.40 bits per heavy atom. The van der Waals surface area contributed by atoms with Gasteiger partial charge in [-0.3, -0.25) is 9.59 Å². The average Bonchev–Trinajstić information content (AvgIpc) is 2.30. The molecule has 6 heteroatoms. The zero-order chi connectivity index (χ0) is 14.7. The SMILES string of the molecule is CCOc1cc(Cl)ccc1NC(=O)C1CCC1C(=O)O. The van der Waals surface area contributed by atoms with Gasteiger partial charge in [0.1, 0.15) is 5.75 Å². The number of rotatable bonds is 5. The maximum atomic E-state index is 12.1. The molecular formula is C14H16ClNO4. The number of hydrogen-bond donors (Lipinski definition) is 2. The number of aliphatic carboxylic acids is 1. The molecule has 0 aromatic heterocycles. The van der Waals surface area contributed by atoms with Crippen LogP contribution in [0.25, 0.3) is 0 Å². The third kappa shape index (κ3) is 3.04. The molecule has 108 valence electrons. The van der Waals surface area contributed by atoms with Crippen LogP contribution in [0.5, 0.6) is 5.75 Å². The van der Waals surface area contributed by atoms with Crippen molar-refractivity contribution in [2.45, 2.75) is 19.8 Å². The van der Waals surface area contributed by atoms with Crippen LogP contribution in [0.15, 0.2) is 18.2 Å². The fourth-order valence-corrected chi connectivity index (χ4v) is 2.37. The van der Waals surface area contributed by atoms with Crippen LogP contribution < -0.4 is 10.1 Å². The first kappa shape index (κ1) is 14.7. The van der Waals surface area contributed by atoms with Crippen LogP contribution in [0.2, 0.25) is 5.02 Å². The number of carbonyl (C=O) groups is 2. The molecule has 2 N–H and O–H groups in total. The third-order valence-corrected chi connectivity index (χ3v) is 3.66. The second kappa shape index (κ2) is 6.13. The largest absolute Gasteiger partial charge is 0.492 e. The van der Waals surface area contributed by atoms with Crippen LogP contribution in [-0.4, -0.2) is 23.6 Å². The third-order valence-electron chi connectivity index (χ3n) is 3.43. The fourth-order valence-electron chi connectivity index (χ4n) is 2.21. The molecule has 0 aliphatic heterocycles. The summed E-state index contributed by atoms with van der Waals surface area (Å²) in [5, 5.41) is 12.2. The van der Waals surface area contributed by atoms with Crippen LogP contribution in [0, 0.1) is 11.8 Å². The molecule has 0 heterocycles. The van der Waals surface area contributed by atoms with Crippen molar-refractivity contribution in [3.05, 3.63) is 23.2 Å². The second-order valence-corrected chi connectivity index (χ2v) is 5.13. The Bertz CT molecular complexity index is 532. The van der Waals surface area contributed by atoms with Gasteiger partial charge in [-0.05, 0) is 31.9 Å². The number of hydrogen-bond acceptors (Lipinski definition) is 3. The predicted octanol–water partition coefficient (Wildman–Crippen LogP) is 2.79. The summed E-state index contributed by atoms with van der Waals surface area (Å²) < 4.78 is 5.41. The lowest BCUT2D eigenvalue weighted by Crippen LogP contribution is -2.41. The number of amides is 1. The van der Waals surface area contributed by atoms with E-state index in [1.807, 2.05) is 6.92 Å². The van der Waals surface area contributed by atoms with Gasteiger partial charge in [0, 0.05) is 11.1 Å². The highest BCUT2D eigenvalue weighted by atomic mass is 35.5. The number of benzene rings is 1. The van der Waals surface area contributed by atoms with Crippen molar-refractivity contribution in [2.75, 3.05) is 11.9 Å². The second-order valence-electron chi connectivity index (χ2n) is 4.69. The van der Waals surface area contributed by atoms with Crippen LogP contribution in [-0.2, 0) is 9.59 Å². The molecule has 0 spiro atoms. The van der Waals surface area contributed by atoms with Crippen molar-refractivity contribution >= 4 is 29.2 Å². The van der Waals surface area contributed by atoms with E-state index in [-0.39, 0.29) is 5.91 Å². The summed E-state index contributed by atoms with van der Waals surface area (Å²) >= 11 is 5.88. The Hall–Kier alpha value is -1.75. The monoisotopic (exact) mass is 297 g/mol. The van der Waals surface area contributed by atoms with Crippen molar-refractivity contribution < 1.29 is 19.4 Å². The Balaban J connectivity index is 2.10. The lowest BCUT2D eigenvalue weighted by atomic mass is 9.73. The highest BCUT2D eigenvalue weighted by molar-refractivity contribution is 6.30. The first-order chi connectivity index (χ1) is 9.52. The van der Waals surface area contributed by atoms with Gasteiger partial charge in [0.15, 0.2) is 0 Å². The zero-order valence-electron chi connectivity index (χ0n) is 11.1. The first-order valence-corrected chi connectivity index (χ1v) is 6.86. The molecule has 2 rings (SSSR count). The quantitative estimate of drug-likeness (QED) is 0.876. The molecule has 1 aromatic rings. The van der Waals surface area contributed by atoms with E-state index in [2.05, 4.69) is 5.32 Å². The van der Waals surface area contributed by atoms with E-state index in [0.717, 1.165) is 0 Å². The first-order valence-electron chi connectivity index (χ1n) is 6.49. The molecule has 2 unspecified atom stereocenters. The van der Waals surface area contributed by atoms with Crippen molar-refractivity contribution in [2.24, 2.45) is 11.8 Å². The molecule has 1 aliphatic rings. The summed E-state index contributed by atoms with van der Waals surface area (Å²) in [6, 6.07) is 4.92. The van der Waals surface area contributed by atoms with Crippen LogP contribution in [0.3, 0.4) is 0 Å². The van der Waals surface area contributed by atoms with Gasteiger partial charge in [-0.2, -0.15) is 0 Å². The molecule has 20 heavy (non-hydrogen) atoms. The van der Waals surface area contributed by atoms with Gasteiger partial charge in [0.2, 0.25) is 5.91 Å². The minimum atomic E-state index is -0.919. The van der Waals surface area contributed by atoms with Gasteiger partial charge in [0.25, 0.3) is 0 Å². The Kier molecular flexibility index (Phi) is 4.49. The summed E-state index contributed by atoms with van der Waals surface area (Å²) in [5.74, 6) is -1.78. The molecule has 1 amide bonds. The number of carboxylic acid groups (broad SMARTS) is 1. The number of nitrogens with one attached hydrogen (secondary N) is 1. The predicted molar refractivity (Wildman–Crippen MR) is 75.1 cm³/mol. The summed E-state index contributed by atoms with van der Waals surface area (Å²) in [6.07, 6.45) is 1.15. The van der Waals surface area contributed by atoms with Gasteiger partial charge >= 0.3 is 5.97 Å². The number of anilines is 1. The van der Waals surface area contributed by atoms with Crippen LogP contribution in [0.4, 0.5) is 5.69 Å². The molecule has 2 atom stereocenters. The maximum Gasteiger partial charge on any atom is 0.307 e. The van der Waals surface area contributed by atoms with E-state index < -0.39 is 17.8 Å². The van der Waals surface area contributed by atoms with Gasteiger partial charge in [-0.1, -0.05) is 11.6 Å². The lowest BCUT2D eigenvalue weighted by molar-refractivity contribution is -0.151. The fraction of sp³-hybridized carbons (Fsp3) is 0.429. The maximum absolute atomic E-state index is 12.1. The number of carbonyl (C=O) groups excluding carboxylic acids is 1. The highest BCUT2D eigenvalue weighted by Crippen LogP contribution is 2.36. The van der Waals surface area contributed by atoms with E-state index in [0.29, 0.717) is 35.9 Å². The van der Waals surface area contributed by atoms with Gasteiger partial charge in [0.05, 0.1) is 24.1 Å². The molecule has 1 aromatic carbocycles. The van der Waals surface area contributed by atoms with E-state index in [4.69, 9.17) is 21.4 Å². The van der Waals surface area contributed by atoms with Crippen molar-refractivity contribution in [1.29, 1.82) is 0 Å². The van der Waals surface area contributed by atoms with Gasteiger partial charge < -0.3 is 15.2 Å².